The predicted octanol–water partition coefficient (Wildman–Crippen LogP) is 4.74. The zero-order valence-electron chi connectivity index (χ0n) is 11.8. The molecule has 0 spiro atoms. The summed E-state index contributed by atoms with van der Waals surface area (Å²) in [6.07, 6.45) is 4.72. The predicted molar refractivity (Wildman–Crippen MR) is 87.7 cm³/mol. The number of benzene rings is 1. The molecule has 1 fully saturated rings. The van der Waals surface area contributed by atoms with Gasteiger partial charge in [-0.2, -0.15) is 11.8 Å². The second kappa shape index (κ2) is 5.29. The lowest BCUT2D eigenvalue weighted by Crippen LogP contribution is -2.27. The van der Waals surface area contributed by atoms with Crippen LogP contribution in [0.2, 0.25) is 5.15 Å². The van der Waals surface area contributed by atoms with Gasteiger partial charge in [-0.1, -0.05) is 54.8 Å². The average Bonchev–Trinajstić information content (AvgIpc) is 3.18. The number of fused-ring (bicyclic) bond motifs is 1. The first kappa shape index (κ1) is 13.6. The van der Waals surface area contributed by atoms with Crippen LogP contribution in [-0.2, 0) is 16.9 Å². The highest BCUT2D eigenvalue weighted by atomic mass is 35.5. The van der Waals surface area contributed by atoms with Gasteiger partial charge < -0.3 is 0 Å². The van der Waals surface area contributed by atoms with E-state index < -0.39 is 0 Å². The first-order valence-electron chi connectivity index (χ1n) is 7.49. The van der Waals surface area contributed by atoms with Crippen LogP contribution < -0.4 is 0 Å². The Labute approximate surface area is 134 Å². The summed E-state index contributed by atoms with van der Waals surface area (Å²) in [7, 11) is 0. The van der Waals surface area contributed by atoms with E-state index in [9.17, 15) is 0 Å². The van der Waals surface area contributed by atoms with Crippen LogP contribution in [0.3, 0.4) is 0 Å². The van der Waals surface area contributed by atoms with Gasteiger partial charge in [-0.3, -0.25) is 0 Å². The van der Waals surface area contributed by atoms with Gasteiger partial charge in [-0.15, -0.1) is 0 Å². The topological polar surface area (TPSA) is 25.8 Å². The van der Waals surface area contributed by atoms with Gasteiger partial charge >= 0.3 is 0 Å². The fourth-order valence-corrected chi connectivity index (χ4v) is 4.98. The van der Waals surface area contributed by atoms with E-state index in [0.717, 1.165) is 41.4 Å². The summed E-state index contributed by atoms with van der Waals surface area (Å²) in [5, 5.41) is 0.669. The molecule has 0 atom stereocenters. The summed E-state index contributed by atoms with van der Waals surface area (Å²) in [5.74, 6) is 2.86. The monoisotopic (exact) mass is 316 g/mol. The normalized spacial score (nSPS) is 19.7. The van der Waals surface area contributed by atoms with Crippen LogP contribution in [0.4, 0.5) is 0 Å². The lowest BCUT2D eigenvalue weighted by molar-refractivity contribution is 0.497. The first-order valence-corrected chi connectivity index (χ1v) is 9.02. The first-order chi connectivity index (χ1) is 10.3. The molecule has 1 saturated carbocycles. The van der Waals surface area contributed by atoms with E-state index in [-0.39, 0.29) is 5.41 Å². The van der Waals surface area contributed by atoms with Gasteiger partial charge in [-0.25, -0.2) is 9.97 Å². The van der Waals surface area contributed by atoms with Gasteiger partial charge in [0.05, 0.1) is 11.1 Å². The Hall–Kier alpha value is -1.06. The summed E-state index contributed by atoms with van der Waals surface area (Å²) in [5.41, 5.74) is 3.60. The molecule has 1 aromatic heterocycles. The molecule has 0 amide bonds. The zero-order valence-corrected chi connectivity index (χ0v) is 13.4. The minimum atomic E-state index is -0.0345. The van der Waals surface area contributed by atoms with Crippen molar-refractivity contribution in [1.82, 2.24) is 9.97 Å². The highest BCUT2D eigenvalue weighted by molar-refractivity contribution is 7.98. The molecule has 2 aliphatic rings. The van der Waals surface area contributed by atoms with Crippen molar-refractivity contribution in [2.45, 2.75) is 42.6 Å². The molecular formula is C17H17ClN2S. The molecule has 0 saturated heterocycles. The third-order valence-corrected chi connectivity index (χ3v) is 6.02. The molecule has 0 bridgehead atoms. The minimum Gasteiger partial charge on any atom is -0.236 e. The van der Waals surface area contributed by atoms with Crippen molar-refractivity contribution in [1.29, 1.82) is 0 Å². The molecule has 4 heteroatoms. The molecule has 2 nitrogen and oxygen atoms in total. The highest BCUT2D eigenvalue weighted by Crippen LogP contribution is 2.46. The Balaban J connectivity index is 1.88. The lowest BCUT2D eigenvalue weighted by atomic mass is 9.78. The molecule has 1 aromatic carbocycles. The van der Waals surface area contributed by atoms with Crippen LogP contribution in [0, 0.1) is 0 Å². The number of aromatic nitrogens is 2. The molecule has 2 heterocycles. The average molecular weight is 317 g/mol. The SMILES string of the molecule is Clc1nc(C2(c3ccccc3)CCCC2)nc2c1CSC2. The van der Waals surface area contributed by atoms with Gasteiger partial charge in [0.25, 0.3) is 0 Å². The van der Waals surface area contributed by atoms with Crippen molar-refractivity contribution >= 4 is 23.4 Å². The van der Waals surface area contributed by atoms with Crippen molar-refractivity contribution in [2.75, 3.05) is 0 Å². The van der Waals surface area contributed by atoms with Gasteiger partial charge in [-0.05, 0) is 18.4 Å². The van der Waals surface area contributed by atoms with Gasteiger partial charge in [0.2, 0.25) is 0 Å². The molecule has 0 unspecified atom stereocenters. The summed E-state index contributed by atoms with van der Waals surface area (Å²) in [6.45, 7) is 0. The molecule has 1 aliphatic heterocycles. The number of thioether (sulfide) groups is 1. The molecule has 4 rings (SSSR count). The van der Waals surface area contributed by atoms with Crippen LogP contribution in [0.5, 0.6) is 0 Å². The van der Waals surface area contributed by atoms with Gasteiger partial charge in [0, 0.05) is 17.1 Å². The van der Waals surface area contributed by atoms with E-state index in [1.54, 1.807) is 0 Å². The van der Waals surface area contributed by atoms with E-state index in [1.165, 1.54) is 18.4 Å². The van der Waals surface area contributed by atoms with Crippen molar-refractivity contribution in [3.8, 4) is 0 Å². The minimum absolute atomic E-state index is 0.0345. The second-order valence-electron chi connectivity index (χ2n) is 5.91. The number of nitrogens with zero attached hydrogens (tertiary/aromatic N) is 2. The fraction of sp³-hybridized carbons (Fsp3) is 0.412. The number of halogens is 1. The Morgan fingerprint density at radius 1 is 1.00 bits per heavy atom. The fourth-order valence-electron chi connectivity index (χ4n) is 3.60. The highest BCUT2D eigenvalue weighted by Gasteiger charge is 2.41. The van der Waals surface area contributed by atoms with Crippen LogP contribution in [0.25, 0.3) is 0 Å². The number of hydrogen-bond acceptors (Lipinski definition) is 3. The second-order valence-corrected chi connectivity index (χ2v) is 7.25. The van der Waals surface area contributed by atoms with Gasteiger partial charge in [0.15, 0.2) is 0 Å². The van der Waals surface area contributed by atoms with E-state index in [1.807, 2.05) is 11.8 Å². The summed E-state index contributed by atoms with van der Waals surface area (Å²) >= 11 is 8.31. The van der Waals surface area contributed by atoms with Crippen LogP contribution in [0.15, 0.2) is 30.3 Å². The van der Waals surface area contributed by atoms with Crippen molar-refractivity contribution in [3.05, 3.63) is 58.1 Å². The smallest absolute Gasteiger partial charge is 0.140 e. The third kappa shape index (κ3) is 2.18. The van der Waals surface area contributed by atoms with Crippen molar-refractivity contribution in [3.63, 3.8) is 0 Å². The van der Waals surface area contributed by atoms with E-state index >= 15 is 0 Å². The maximum Gasteiger partial charge on any atom is 0.140 e. The van der Waals surface area contributed by atoms with Crippen molar-refractivity contribution < 1.29 is 0 Å². The van der Waals surface area contributed by atoms with Crippen LogP contribution >= 0.6 is 23.4 Å². The number of rotatable bonds is 2. The standard InChI is InChI=1S/C17H17ClN2S/c18-15-13-10-21-11-14(13)19-16(20-15)17(8-4-5-9-17)12-6-2-1-3-7-12/h1-3,6-7H,4-5,8-11H2. The van der Waals surface area contributed by atoms with E-state index in [2.05, 4.69) is 30.3 Å². The summed E-state index contributed by atoms with van der Waals surface area (Å²) in [6, 6.07) is 10.7. The van der Waals surface area contributed by atoms with E-state index in [4.69, 9.17) is 21.6 Å². The Kier molecular flexibility index (Phi) is 3.43. The quantitative estimate of drug-likeness (QED) is 0.749. The maximum absolute atomic E-state index is 6.44. The molecule has 108 valence electrons. The largest absolute Gasteiger partial charge is 0.236 e. The molecule has 0 N–H and O–H groups in total. The Morgan fingerprint density at radius 3 is 2.52 bits per heavy atom. The summed E-state index contributed by atoms with van der Waals surface area (Å²) in [4.78, 5) is 9.64. The summed E-state index contributed by atoms with van der Waals surface area (Å²) < 4.78 is 0. The Bertz CT molecular complexity index is 666. The molecule has 1 aliphatic carbocycles. The molecular weight excluding hydrogens is 300 g/mol. The molecule has 0 radical (unpaired) electrons. The third-order valence-electron chi connectivity index (χ3n) is 4.74. The molecule has 21 heavy (non-hydrogen) atoms. The molecule has 2 aromatic rings. The van der Waals surface area contributed by atoms with Crippen molar-refractivity contribution in [2.24, 2.45) is 0 Å². The maximum atomic E-state index is 6.44. The van der Waals surface area contributed by atoms with E-state index in [0.29, 0.717) is 5.15 Å². The zero-order chi connectivity index (χ0) is 14.3. The Morgan fingerprint density at radius 2 is 1.76 bits per heavy atom. The lowest BCUT2D eigenvalue weighted by Gasteiger charge is -2.28. The van der Waals surface area contributed by atoms with Gasteiger partial charge in [0.1, 0.15) is 11.0 Å². The van der Waals surface area contributed by atoms with Crippen LogP contribution in [-0.4, -0.2) is 9.97 Å². The number of hydrogen-bond donors (Lipinski definition) is 0. The van der Waals surface area contributed by atoms with Crippen LogP contribution in [0.1, 0.15) is 48.3 Å².